The molecule has 1 aromatic carbocycles. The van der Waals surface area contributed by atoms with E-state index >= 15 is 0 Å². The molecule has 130 valence electrons. The summed E-state index contributed by atoms with van der Waals surface area (Å²) in [5, 5.41) is 0. The van der Waals surface area contributed by atoms with Crippen molar-refractivity contribution < 1.29 is 9.53 Å². The van der Waals surface area contributed by atoms with E-state index in [1.54, 1.807) is 7.11 Å². The molecular formula is C21H29NO2. The number of carbonyl (C=O) groups is 1. The molecule has 3 heteroatoms. The first-order valence-corrected chi connectivity index (χ1v) is 9.13. The van der Waals surface area contributed by atoms with E-state index in [1.807, 2.05) is 24.3 Å². The van der Waals surface area contributed by atoms with Crippen LogP contribution in [0.1, 0.15) is 44.0 Å². The molecular weight excluding hydrogens is 298 g/mol. The zero-order chi connectivity index (χ0) is 17.3. The molecule has 4 atom stereocenters. The standard InChI is InChI=1S/C21H29NO2/c1-14(2)15(3)22(13-19-12-16-5-6-18(19)11-16)21(23)17-7-9-20(24-4)10-8-17/h5-10,14-16,18-19H,11-13H2,1-4H3. The molecule has 2 bridgehead atoms. The Labute approximate surface area is 145 Å². The largest absolute Gasteiger partial charge is 0.497 e. The average molecular weight is 327 g/mol. The molecule has 24 heavy (non-hydrogen) atoms. The molecule has 1 saturated carbocycles. The smallest absolute Gasteiger partial charge is 0.254 e. The summed E-state index contributed by atoms with van der Waals surface area (Å²) in [6.07, 6.45) is 7.25. The van der Waals surface area contributed by atoms with Gasteiger partial charge in [0.2, 0.25) is 0 Å². The molecule has 3 nitrogen and oxygen atoms in total. The van der Waals surface area contributed by atoms with Gasteiger partial charge in [-0.05, 0) is 67.7 Å². The van der Waals surface area contributed by atoms with Crippen LogP contribution >= 0.6 is 0 Å². The van der Waals surface area contributed by atoms with Crippen LogP contribution in [0.15, 0.2) is 36.4 Å². The number of amides is 1. The normalized spacial score (nSPS) is 26.0. The molecule has 0 aliphatic heterocycles. The van der Waals surface area contributed by atoms with Gasteiger partial charge in [-0.1, -0.05) is 26.0 Å². The maximum absolute atomic E-state index is 13.2. The highest BCUT2D eigenvalue weighted by atomic mass is 16.5. The van der Waals surface area contributed by atoms with Gasteiger partial charge in [0.15, 0.2) is 0 Å². The Balaban J connectivity index is 1.78. The molecule has 0 heterocycles. The fourth-order valence-corrected chi connectivity index (χ4v) is 4.05. The number of nitrogens with zero attached hydrogens (tertiary/aromatic N) is 1. The molecule has 2 aliphatic carbocycles. The molecule has 3 rings (SSSR count). The number of allylic oxidation sites excluding steroid dienone is 2. The minimum atomic E-state index is 0.144. The third-order valence-electron chi connectivity index (χ3n) is 5.90. The van der Waals surface area contributed by atoms with Crippen molar-refractivity contribution in [2.75, 3.05) is 13.7 Å². The van der Waals surface area contributed by atoms with Crippen molar-refractivity contribution in [3.63, 3.8) is 0 Å². The van der Waals surface area contributed by atoms with E-state index in [2.05, 4.69) is 37.8 Å². The third-order valence-corrected chi connectivity index (χ3v) is 5.90. The summed E-state index contributed by atoms with van der Waals surface area (Å²) in [7, 11) is 1.65. The van der Waals surface area contributed by atoms with Crippen LogP contribution in [0.5, 0.6) is 5.75 Å². The zero-order valence-corrected chi connectivity index (χ0v) is 15.2. The summed E-state index contributed by atoms with van der Waals surface area (Å²) < 4.78 is 5.20. The monoisotopic (exact) mass is 327 g/mol. The summed E-state index contributed by atoms with van der Waals surface area (Å²) in [5.74, 6) is 3.40. The molecule has 1 aromatic rings. The maximum atomic E-state index is 13.2. The van der Waals surface area contributed by atoms with E-state index in [9.17, 15) is 4.79 Å². The second-order valence-electron chi connectivity index (χ2n) is 7.71. The van der Waals surface area contributed by atoms with Gasteiger partial charge >= 0.3 is 0 Å². The van der Waals surface area contributed by atoms with E-state index < -0.39 is 0 Å². The highest BCUT2D eigenvalue weighted by Crippen LogP contribution is 2.44. The van der Waals surface area contributed by atoms with Crippen molar-refractivity contribution in [2.24, 2.45) is 23.7 Å². The fraction of sp³-hybridized carbons (Fsp3) is 0.571. The highest BCUT2D eigenvalue weighted by molar-refractivity contribution is 5.94. The number of hydrogen-bond donors (Lipinski definition) is 0. The van der Waals surface area contributed by atoms with Gasteiger partial charge < -0.3 is 9.64 Å². The Morgan fingerprint density at radius 3 is 2.38 bits per heavy atom. The summed E-state index contributed by atoms with van der Waals surface area (Å²) in [5.41, 5.74) is 0.752. The third kappa shape index (κ3) is 3.35. The second kappa shape index (κ2) is 7.00. The van der Waals surface area contributed by atoms with E-state index in [4.69, 9.17) is 4.74 Å². The highest BCUT2D eigenvalue weighted by Gasteiger charge is 2.38. The van der Waals surface area contributed by atoms with Crippen LogP contribution in [-0.2, 0) is 0 Å². The van der Waals surface area contributed by atoms with Gasteiger partial charge in [0.25, 0.3) is 5.91 Å². The first kappa shape index (κ1) is 17.1. The van der Waals surface area contributed by atoms with E-state index in [1.165, 1.54) is 12.8 Å². The fourth-order valence-electron chi connectivity index (χ4n) is 4.05. The predicted octanol–water partition coefficient (Wildman–Crippen LogP) is 4.39. The number of rotatable bonds is 6. The number of fused-ring (bicyclic) bond motifs is 2. The number of methoxy groups -OCH3 is 1. The van der Waals surface area contributed by atoms with Crippen LogP contribution < -0.4 is 4.74 Å². The lowest BCUT2D eigenvalue weighted by Crippen LogP contribution is -2.44. The van der Waals surface area contributed by atoms with Crippen molar-refractivity contribution in [1.82, 2.24) is 4.90 Å². The lowest BCUT2D eigenvalue weighted by molar-refractivity contribution is 0.0594. The minimum Gasteiger partial charge on any atom is -0.497 e. The molecule has 0 aromatic heterocycles. The lowest BCUT2D eigenvalue weighted by atomic mass is 9.91. The molecule has 0 saturated heterocycles. The Kier molecular flexibility index (Phi) is 4.98. The Bertz CT molecular complexity index is 605. The first-order chi connectivity index (χ1) is 11.5. The van der Waals surface area contributed by atoms with Crippen LogP contribution in [0.25, 0.3) is 0 Å². The second-order valence-corrected chi connectivity index (χ2v) is 7.71. The van der Waals surface area contributed by atoms with Gasteiger partial charge in [-0.3, -0.25) is 4.79 Å². The van der Waals surface area contributed by atoms with Crippen LogP contribution in [0.4, 0.5) is 0 Å². The minimum absolute atomic E-state index is 0.144. The van der Waals surface area contributed by atoms with Crippen molar-refractivity contribution in [3.8, 4) is 5.75 Å². The van der Waals surface area contributed by atoms with Gasteiger partial charge in [0.05, 0.1) is 7.11 Å². The quantitative estimate of drug-likeness (QED) is 0.725. The molecule has 2 aliphatic rings. The summed E-state index contributed by atoms with van der Waals surface area (Å²) in [6, 6.07) is 7.73. The topological polar surface area (TPSA) is 29.5 Å². The maximum Gasteiger partial charge on any atom is 0.254 e. The van der Waals surface area contributed by atoms with Gasteiger partial charge in [0.1, 0.15) is 5.75 Å². The van der Waals surface area contributed by atoms with Gasteiger partial charge in [0, 0.05) is 18.2 Å². The molecule has 0 spiro atoms. The van der Waals surface area contributed by atoms with E-state index in [0.29, 0.717) is 17.8 Å². The average Bonchev–Trinajstić information content (AvgIpc) is 3.21. The summed E-state index contributed by atoms with van der Waals surface area (Å²) in [6.45, 7) is 7.43. The Morgan fingerprint density at radius 2 is 1.88 bits per heavy atom. The molecule has 1 amide bonds. The van der Waals surface area contributed by atoms with Crippen molar-refractivity contribution >= 4 is 5.91 Å². The van der Waals surface area contributed by atoms with Gasteiger partial charge in [-0.25, -0.2) is 0 Å². The van der Waals surface area contributed by atoms with Gasteiger partial charge in [-0.2, -0.15) is 0 Å². The molecule has 0 radical (unpaired) electrons. The number of ether oxygens (including phenoxy) is 1. The van der Waals surface area contributed by atoms with Crippen LogP contribution in [-0.4, -0.2) is 30.5 Å². The number of carbonyl (C=O) groups excluding carboxylic acids is 1. The zero-order valence-electron chi connectivity index (χ0n) is 15.2. The van der Waals surface area contributed by atoms with Crippen molar-refractivity contribution in [2.45, 2.75) is 39.7 Å². The van der Waals surface area contributed by atoms with Crippen molar-refractivity contribution in [3.05, 3.63) is 42.0 Å². The Hall–Kier alpha value is -1.77. The number of benzene rings is 1. The van der Waals surface area contributed by atoms with Crippen molar-refractivity contribution in [1.29, 1.82) is 0 Å². The Morgan fingerprint density at radius 1 is 1.17 bits per heavy atom. The molecule has 4 unspecified atom stereocenters. The summed E-state index contributed by atoms with van der Waals surface area (Å²) in [4.78, 5) is 15.3. The van der Waals surface area contributed by atoms with E-state index in [0.717, 1.165) is 23.8 Å². The predicted molar refractivity (Wildman–Crippen MR) is 97.2 cm³/mol. The van der Waals surface area contributed by atoms with E-state index in [-0.39, 0.29) is 11.9 Å². The van der Waals surface area contributed by atoms with Crippen LogP contribution in [0.2, 0.25) is 0 Å². The van der Waals surface area contributed by atoms with Gasteiger partial charge in [-0.15, -0.1) is 0 Å². The summed E-state index contributed by atoms with van der Waals surface area (Å²) >= 11 is 0. The van der Waals surface area contributed by atoms with Crippen LogP contribution in [0.3, 0.4) is 0 Å². The van der Waals surface area contributed by atoms with Crippen LogP contribution in [0, 0.1) is 23.7 Å². The SMILES string of the molecule is COc1ccc(C(=O)N(CC2CC3C=CC2C3)C(C)C(C)C)cc1. The number of hydrogen-bond acceptors (Lipinski definition) is 2. The molecule has 1 fully saturated rings. The first-order valence-electron chi connectivity index (χ1n) is 9.13. The molecule has 0 N–H and O–H groups in total. The lowest BCUT2D eigenvalue weighted by Gasteiger charge is -2.35.